The van der Waals surface area contributed by atoms with Crippen LogP contribution in [0.1, 0.15) is 10.4 Å². The molecule has 0 saturated carbocycles. The van der Waals surface area contributed by atoms with Gasteiger partial charge in [0, 0.05) is 0 Å². The first kappa shape index (κ1) is 10.5. The van der Waals surface area contributed by atoms with Crippen LogP contribution in [-0.2, 0) is 15.7 Å². The number of carbonyl (C=O) groups is 1. The van der Waals surface area contributed by atoms with Crippen molar-refractivity contribution < 1.29 is 22.1 Å². The van der Waals surface area contributed by atoms with Crippen LogP contribution in [0.3, 0.4) is 0 Å². The van der Waals surface area contributed by atoms with Crippen LogP contribution in [0.15, 0.2) is 24.3 Å². The maximum atomic E-state index is 11.0. The number of rotatable bonds is 3. The molecule has 0 radical (unpaired) electrons. The van der Waals surface area contributed by atoms with Crippen molar-refractivity contribution in [2.24, 2.45) is 0 Å². The lowest BCUT2D eigenvalue weighted by atomic mass is 10.2. The van der Waals surface area contributed by atoms with Crippen LogP contribution in [0.2, 0.25) is 0 Å². The normalized spacial score (nSPS) is 9.86. The summed E-state index contributed by atoms with van der Waals surface area (Å²) in [7, 11) is -1.66. The van der Waals surface area contributed by atoms with E-state index < -0.39 is 17.0 Å². The molecule has 0 aromatic heterocycles. The number of esters is 1. The highest BCUT2D eigenvalue weighted by Crippen LogP contribution is 2.12. The number of benzene rings is 1. The SMILES string of the molecule is COC(=O)c1ccc(O[SH](=O)=O)cc1. The van der Waals surface area contributed by atoms with Gasteiger partial charge in [-0.15, -0.1) is 0 Å². The lowest BCUT2D eigenvalue weighted by Crippen LogP contribution is -2.00. The molecule has 1 rings (SSSR count). The Morgan fingerprint density at radius 2 is 1.79 bits per heavy atom. The van der Waals surface area contributed by atoms with Gasteiger partial charge in [0.1, 0.15) is 5.75 Å². The average molecular weight is 216 g/mol. The predicted molar refractivity (Wildman–Crippen MR) is 48.7 cm³/mol. The first-order valence-electron chi connectivity index (χ1n) is 3.64. The molecule has 14 heavy (non-hydrogen) atoms. The van der Waals surface area contributed by atoms with E-state index >= 15 is 0 Å². The minimum absolute atomic E-state index is 0.161. The topological polar surface area (TPSA) is 69.7 Å². The Kier molecular flexibility index (Phi) is 3.47. The van der Waals surface area contributed by atoms with Gasteiger partial charge in [-0.3, -0.25) is 0 Å². The second-order valence-corrected chi connectivity index (χ2v) is 2.96. The highest BCUT2D eigenvalue weighted by Gasteiger charge is 2.04. The van der Waals surface area contributed by atoms with Crippen molar-refractivity contribution in [1.82, 2.24) is 0 Å². The van der Waals surface area contributed by atoms with E-state index in [0.717, 1.165) is 0 Å². The van der Waals surface area contributed by atoms with Gasteiger partial charge in [0.2, 0.25) is 0 Å². The minimum atomic E-state index is -2.92. The summed E-state index contributed by atoms with van der Waals surface area (Å²) in [5, 5.41) is 0. The number of carbonyl (C=O) groups excluding carboxylic acids is 1. The summed E-state index contributed by atoms with van der Waals surface area (Å²) in [5.41, 5.74) is 0.334. The van der Waals surface area contributed by atoms with Gasteiger partial charge in [0.05, 0.1) is 12.7 Å². The van der Waals surface area contributed by atoms with Crippen LogP contribution < -0.4 is 4.18 Å². The average Bonchev–Trinajstić information content (AvgIpc) is 2.17. The van der Waals surface area contributed by atoms with Crippen LogP contribution >= 0.6 is 0 Å². The number of thiol groups is 1. The molecule has 6 heteroatoms. The Hall–Kier alpha value is -1.56. The summed E-state index contributed by atoms with van der Waals surface area (Å²) in [6.45, 7) is 0. The number of hydrogen-bond donors (Lipinski definition) is 1. The second-order valence-electron chi connectivity index (χ2n) is 2.33. The van der Waals surface area contributed by atoms with Gasteiger partial charge in [-0.1, -0.05) is 0 Å². The highest BCUT2D eigenvalue weighted by molar-refractivity contribution is 7.67. The van der Waals surface area contributed by atoms with Gasteiger partial charge in [-0.05, 0) is 24.3 Å². The molecule has 0 aliphatic rings. The third-order valence-electron chi connectivity index (χ3n) is 1.46. The van der Waals surface area contributed by atoms with Crippen molar-refractivity contribution in [3.05, 3.63) is 29.8 Å². The maximum absolute atomic E-state index is 11.0. The molecule has 0 atom stereocenters. The fourth-order valence-electron chi connectivity index (χ4n) is 0.856. The summed E-state index contributed by atoms with van der Waals surface area (Å²) in [4.78, 5) is 11.0. The van der Waals surface area contributed by atoms with E-state index in [1.54, 1.807) is 0 Å². The Balaban J connectivity index is 2.83. The monoisotopic (exact) mass is 216 g/mol. The van der Waals surface area contributed by atoms with E-state index in [-0.39, 0.29) is 5.75 Å². The van der Waals surface area contributed by atoms with E-state index in [2.05, 4.69) is 8.92 Å². The Morgan fingerprint density at radius 3 is 2.21 bits per heavy atom. The van der Waals surface area contributed by atoms with Crippen LogP contribution in [0.25, 0.3) is 0 Å². The molecule has 5 nitrogen and oxygen atoms in total. The molecule has 0 amide bonds. The lowest BCUT2D eigenvalue weighted by Gasteiger charge is -2.00. The quantitative estimate of drug-likeness (QED) is 0.584. The van der Waals surface area contributed by atoms with Crippen LogP contribution in [0, 0.1) is 0 Å². The third-order valence-corrected chi connectivity index (χ3v) is 1.82. The molecule has 0 aliphatic carbocycles. The van der Waals surface area contributed by atoms with Crippen molar-refractivity contribution in [1.29, 1.82) is 0 Å². The molecule has 0 bridgehead atoms. The molecular weight excluding hydrogens is 208 g/mol. The van der Waals surface area contributed by atoms with Crippen molar-refractivity contribution in [3.8, 4) is 5.75 Å². The summed E-state index contributed by atoms with van der Waals surface area (Å²) >= 11 is 0. The zero-order valence-corrected chi connectivity index (χ0v) is 8.19. The molecule has 0 N–H and O–H groups in total. The van der Waals surface area contributed by atoms with E-state index in [1.807, 2.05) is 0 Å². The van der Waals surface area contributed by atoms with Crippen molar-refractivity contribution in [2.75, 3.05) is 7.11 Å². The zero-order chi connectivity index (χ0) is 10.6. The lowest BCUT2D eigenvalue weighted by molar-refractivity contribution is 0.0601. The number of methoxy groups -OCH3 is 1. The molecule has 0 fully saturated rings. The van der Waals surface area contributed by atoms with Gasteiger partial charge in [0.15, 0.2) is 0 Å². The molecule has 0 heterocycles. The molecule has 0 aliphatic heterocycles. The van der Waals surface area contributed by atoms with Gasteiger partial charge in [-0.2, -0.15) is 8.42 Å². The Morgan fingerprint density at radius 1 is 1.21 bits per heavy atom. The van der Waals surface area contributed by atoms with Crippen molar-refractivity contribution in [2.45, 2.75) is 0 Å². The highest BCUT2D eigenvalue weighted by atomic mass is 32.2. The molecule has 1 aromatic rings. The van der Waals surface area contributed by atoms with E-state index in [0.29, 0.717) is 5.56 Å². The Labute approximate surface area is 82.4 Å². The molecule has 76 valence electrons. The fraction of sp³-hybridized carbons (Fsp3) is 0.125. The van der Waals surface area contributed by atoms with Crippen LogP contribution in [0.4, 0.5) is 0 Å². The first-order valence-corrected chi connectivity index (χ1v) is 4.74. The van der Waals surface area contributed by atoms with E-state index in [1.165, 1.54) is 31.4 Å². The molecule has 0 spiro atoms. The van der Waals surface area contributed by atoms with Gasteiger partial charge in [0.25, 0.3) is 11.0 Å². The van der Waals surface area contributed by atoms with E-state index in [4.69, 9.17) is 0 Å². The van der Waals surface area contributed by atoms with Gasteiger partial charge < -0.3 is 8.92 Å². The largest absolute Gasteiger partial charge is 0.465 e. The third kappa shape index (κ3) is 2.74. The summed E-state index contributed by atoms with van der Waals surface area (Å²) in [6, 6.07) is 5.58. The second kappa shape index (κ2) is 4.61. The predicted octanol–water partition coefficient (Wildman–Crippen LogP) is 0.378. The standard InChI is InChI=1S/C8H8O5S/c1-12-8(9)6-2-4-7(5-3-6)13-14(10)11/h2-5,14H,1H3. The summed E-state index contributed by atoms with van der Waals surface area (Å²) < 4.78 is 29.2. The zero-order valence-electron chi connectivity index (χ0n) is 7.30. The van der Waals surface area contributed by atoms with Gasteiger partial charge in [-0.25, -0.2) is 4.79 Å². The van der Waals surface area contributed by atoms with Crippen LogP contribution in [-0.4, -0.2) is 21.5 Å². The molecule has 0 saturated heterocycles. The van der Waals surface area contributed by atoms with Crippen molar-refractivity contribution >= 4 is 17.0 Å². The number of hydrogen-bond acceptors (Lipinski definition) is 5. The first-order chi connectivity index (χ1) is 6.63. The molecule has 0 unspecified atom stereocenters. The maximum Gasteiger partial charge on any atom is 0.337 e. The fourth-order valence-corrected chi connectivity index (χ4v) is 1.15. The smallest absolute Gasteiger partial charge is 0.337 e. The summed E-state index contributed by atoms with van der Waals surface area (Å²) in [6.07, 6.45) is 0. The minimum Gasteiger partial charge on any atom is -0.465 e. The number of ether oxygens (including phenoxy) is 1. The molecule has 1 aromatic carbocycles. The van der Waals surface area contributed by atoms with Crippen LogP contribution in [0.5, 0.6) is 5.75 Å². The van der Waals surface area contributed by atoms with E-state index in [9.17, 15) is 13.2 Å². The molecular formula is C8H8O5S. The summed E-state index contributed by atoms with van der Waals surface area (Å²) in [5.74, 6) is -0.322. The Bertz CT molecular complexity index is 385. The van der Waals surface area contributed by atoms with Crippen molar-refractivity contribution in [3.63, 3.8) is 0 Å². The van der Waals surface area contributed by atoms with Gasteiger partial charge >= 0.3 is 5.97 Å².